The predicted octanol–water partition coefficient (Wildman–Crippen LogP) is 2.05. The summed E-state index contributed by atoms with van der Waals surface area (Å²) in [4.78, 5) is 16.5. The predicted molar refractivity (Wildman–Crippen MR) is 93.1 cm³/mol. The van der Waals surface area contributed by atoms with Crippen LogP contribution in [0.4, 0.5) is 0 Å². The lowest BCUT2D eigenvalue weighted by Gasteiger charge is -2.28. The van der Waals surface area contributed by atoms with Gasteiger partial charge in [-0.15, -0.1) is 0 Å². The van der Waals surface area contributed by atoms with Crippen molar-refractivity contribution in [3.05, 3.63) is 40.7 Å². The van der Waals surface area contributed by atoms with Gasteiger partial charge in [0, 0.05) is 63.2 Å². The van der Waals surface area contributed by atoms with Gasteiger partial charge >= 0.3 is 0 Å². The first kappa shape index (κ1) is 15.4. The monoisotopic (exact) mass is 324 g/mol. The third-order valence-electron chi connectivity index (χ3n) is 4.90. The van der Waals surface area contributed by atoms with Gasteiger partial charge in [-0.25, -0.2) is 9.97 Å². The third kappa shape index (κ3) is 3.11. The van der Waals surface area contributed by atoms with Crippen molar-refractivity contribution in [2.24, 2.45) is 12.0 Å². The lowest BCUT2D eigenvalue weighted by atomic mass is 10.0. The van der Waals surface area contributed by atoms with Crippen LogP contribution in [0.15, 0.2) is 17.4 Å². The van der Waals surface area contributed by atoms with Gasteiger partial charge < -0.3 is 0 Å². The molecule has 126 valence electrons. The summed E-state index contributed by atoms with van der Waals surface area (Å²) in [5.74, 6) is 0.852. The van der Waals surface area contributed by atoms with Crippen molar-refractivity contribution in [1.29, 1.82) is 0 Å². The molecule has 2 aromatic heterocycles. The molecule has 0 bridgehead atoms. The fourth-order valence-electron chi connectivity index (χ4n) is 3.57. The lowest BCUT2D eigenvalue weighted by molar-refractivity contribution is 0.242. The van der Waals surface area contributed by atoms with E-state index in [4.69, 9.17) is 4.98 Å². The van der Waals surface area contributed by atoms with Crippen LogP contribution in [0, 0.1) is 6.92 Å². The fourth-order valence-corrected chi connectivity index (χ4v) is 3.57. The van der Waals surface area contributed by atoms with Gasteiger partial charge in [-0.3, -0.25) is 14.6 Å². The molecule has 2 aliphatic rings. The molecule has 24 heavy (non-hydrogen) atoms. The van der Waals surface area contributed by atoms with Gasteiger partial charge in [0.25, 0.3) is 0 Å². The molecule has 0 aliphatic carbocycles. The molecule has 0 fully saturated rings. The summed E-state index contributed by atoms with van der Waals surface area (Å²) in [6.07, 6.45) is 8.53. The second-order valence-corrected chi connectivity index (χ2v) is 6.83. The van der Waals surface area contributed by atoms with Gasteiger partial charge in [0.1, 0.15) is 0 Å². The Bertz CT molecular complexity index is 776. The van der Waals surface area contributed by atoms with Crippen molar-refractivity contribution in [3.63, 3.8) is 0 Å². The second-order valence-electron chi connectivity index (χ2n) is 6.83. The van der Waals surface area contributed by atoms with Crippen molar-refractivity contribution in [2.75, 3.05) is 13.1 Å². The molecule has 0 saturated carbocycles. The van der Waals surface area contributed by atoms with Crippen LogP contribution in [0.1, 0.15) is 47.6 Å². The van der Waals surface area contributed by atoms with Crippen LogP contribution in [0.3, 0.4) is 0 Å². The first-order valence-electron chi connectivity index (χ1n) is 8.79. The molecular formula is C18H24N6. The Hall–Kier alpha value is -2.08. The molecule has 2 aliphatic heterocycles. The minimum Gasteiger partial charge on any atom is -0.294 e. The number of rotatable bonds is 3. The molecule has 6 heteroatoms. The molecule has 0 unspecified atom stereocenters. The number of hydrogen-bond donors (Lipinski definition) is 0. The van der Waals surface area contributed by atoms with Crippen LogP contribution in [0.2, 0.25) is 0 Å². The smallest absolute Gasteiger partial charge is 0.173 e. The highest BCUT2D eigenvalue weighted by Crippen LogP contribution is 2.20. The van der Waals surface area contributed by atoms with E-state index < -0.39 is 0 Å². The van der Waals surface area contributed by atoms with Crippen LogP contribution in [0.5, 0.6) is 0 Å². The maximum absolute atomic E-state index is 4.82. The number of aliphatic imine (C=N–C) groups is 1. The molecule has 2 aromatic rings. The van der Waals surface area contributed by atoms with Crippen molar-refractivity contribution in [2.45, 2.75) is 45.7 Å². The minimum absolute atomic E-state index is 0.852. The Labute approximate surface area is 142 Å². The lowest BCUT2D eigenvalue weighted by Crippen LogP contribution is -2.31. The average molecular weight is 324 g/mol. The summed E-state index contributed by atoms with van der Waals surface area (Å²) in [7, 11) is 1.98. The van der Waals surface area contributed by atoms with Crippen LogP contribution in [-0.2, 0) is 26.6 Å². The minimum atomic E-state index is 0.852. The number of aromatic nitrogens is 4. The Balaban J connectivity index is 1.49. The zero-order chi connectivity index (χ0) is 16.5. The van der Waals surface area contributed by atoms with Crippen LogP contribution in [0.25, 0.3) is 0 Å². The standard InChI is InChI=1S/C18H24N6/c1-13-15(10-23(2)22-13)12-24-8-6-16-14(11-24)9-20-18(21-16)17-5-3-4-7-19-17/h9-10H,3-8,11-12H2,1-2H3. The van der Waals surface area contributed by atoms with Gasteiger partial charge in [0.15, 0.2) is 5.82 Å². The summed E-state index contributed by atoms with van der Waals surface area (Å²) >= 11 is 0. The van der Waals surface area contributed by atoms with Crippen molar-refractivity contribution >= 4 is 5.71 Å². The highest BCUT2D eigenvalue weighted by molar-refractivity contribution is 5.97. The highest BCUT2D eigenvalue weighted by Gasteiger charge is 2.21. The first-order valence-corrected chi connectivity index (χ1v) is 8.79. The zero-order valence-corrected chi connectivity index (χ0v) is 14.5. The Morgan fingerprint density at radius 3 is 2.88 bits per heavy atom. The molecule has 0 aromatic carbocycles. The zero-order valence-electron chi connectivity index (χ0n) is 14.5. The largest absolute Gasteiger partial charge is 0.294 e. The molecule has 0 atom stereocenters. The summed E-state index contributed by atoms with van der Waals surface area (Å²) in [6.45, 7) is 5.88. The van der Waals surface area contributed by atoms with E-state index in [1.54, 1.807) is 0 Å². The molecule has 0 amide bonds. The van der Waals surface area contributed by atoms with Crippen molar-refractivity contribution in [3.8, 4) is 0 Å². The van der Waals surface area contributed by atoms with Gasteiger partial charge in [0.05, 0.1) is 17.1 Å². The van der Waals surface area contributed by atoms with E-state index in [-0.39, 0.29) is 0 Å². The van der Waals surface area contributed by atoms with Crippen molar-refractivity contribution in [1.82, 2.24) is 24.6 Å². The van der Waals surface area contributed by atoms with E-state index >= 15 is 0 Å². The highest BCUT2D eigenvalue weighted by atomic mass is 15.3. The maximum atomic E-state index is 4.82. The molecule has 6 nitrogen and oxygen atoms in total. The number of aryl methyl sites for hydroxylation is 2. The van der Waals surface area contributed by atoms with E-state index in [1.165, 1.54) is 29.7 Å². The topological polar surface area (TPSA) is 59.2 Å². The molecule has 0 N–H and O–H groups in total. The van der Waals surface area contributed by atoms with Crippen LogP contribution < -0.4 is 0 Å². The third-order valence-corrected chi connectivity index (χ3v) is 4.90. The van der Waals surface area contributed by atoms with E-state index in [2.05, 4.69) is 33.1 Å². The molecule has 4 heterocycles. The first-order chi connectivity index (χ1) is 11.7. The molecule has 0 spiro atoms. The fraction of sp³-hybridized carbons (Fsp3) is 0.556. The molecule has 0 radical (unpaired) electrons. The maximum Gasteiger partial charge on any atom is 0.173 e. The number of fused-ring (bicyclic) bond motifs is 1. The average Bonchev–Trinajstić information content (AvgIpc) is 2.92. The summed E-state index contributed by atoms with van der Waals surface area (Å²) in [6, 6.07) is 0. The molecule has 4 rings (SSSR count). The Morgan fingerprint density at radius 2 is 2.12 bits per heavy atom. The van der Waals surface area contributed by atoms with E-state index in [1.807, 2.05) is 17.9 Å². The van der Waals surface area contributed by atoms with Gasteiger partial charge in [0.2, 0.25) is 0 Å². The molecular weight excluding hydrogens is 300 g/mol. The van der Waals surface area contributed by atoms with Crippen molar-refractivity contribution < 1.29 is 0 Å². The van der Waals surface area contributed by atoms with E-state index in [9.17, 15) is 0 Å². The number of nitrogens with zero attached hydrogens (tertiary/aromatic N) is 6. The quantitative estimate of drug-likeness (QED) is 0.867. The normalized spacial score (nSPS) is 18.3. The van der Waals surface area contributed by atoms with Gasteiger partial charge in [-0.2, -0.15) is 5.10 Å². The van der Waals surface area contributed by atoms with Gasteiger partial charge in [-0.05, 0) is 26.2 Å². The molecule has 0 saturated heterocycles. The van der Waals surface area contributed by atoms with Crippen LogP contribution >= 0.6 is 0 Å². The summed E-state index contributed by atoms with van der Waals surface area (Å²) < 4.78 is 1.89. The van der Waals surface area contributed by atoms with E-state index in [0.29, 0.717) is 0 Å². The Morgan fingerprint density at radius 1 is 1.21 bits per heavy atom. The summed E-state index contributed by atoms with van der Waals surface area (Å²) in [5.41, 5.74) is 5.97. The summed E-state index contributed by atoms with van der Waals surface area (Å²) in [5, 5.41) is 4.44. The SMILES string of the molecule is Cc1nn(C)cc1CN1CCc2nc(C3=NCCCC3)ncc2C1. The van der Waals surface area contributed by atoms with Crippen LogP contribution in [-0.4, -0.2) is 43.4 Å². The van der Waals surface area contributed by atoms with Gasteiger partial charge in [-0.1, -0.05) is 0 Å². The number of hydrogen-bond acceptors (Lipinski definition) is 5. The Kier molecular flexibility index (Phi) is 4.14. The second kappa shape index (κ2) is 6.43. The van der Waals surface area contributed by atoms with E-state index in [0.717, 1.165) is 56.3 Å².